The van der Waals surface area contributed by atoms with Gasteiger partial charge >= 0.3 is 0 Å². The molecule has 19 heavy (non-hydrogen) atoms. The smallest absolute Gasteiger partial charge is 0.250 e. The van der Waals surface area contributed by atoms with Crippen molar-refractivity contribution < 1.29 is 9.59 Å². The van der Waals surface area contributed by atoms with E-state index in [9.17, 15) is 9.59 Å². The molecule has 0 heterocycles. The lowest BCUT2D eigenvalue weighted by molar-refractivity contribution is -0.113. The molecule has 3 N–H and O–H groups in total. The second-order valence-corrected chi connectivity index (χ2v) is 4.62. The minimum absolute atomic E-state index is 0.209. The van der Waals surface area contributed by atoms with Gasteiger partial charge in [0.25, 0.3) is 5.91 Å². The standard InChI is InChI=1S/C14H19N2O2S/c15-14(18)11-7-4-5-8-12(11)16-13(17)9-3-1-2-6-10-19/h4-5,7-9,19H,1-3,6,10H2,(H2,15,18)(H,16,17). The number of rotatable bonds is 8. The van der Waals surface area contributed by atoms with Crippen molar-refractivity contribution in [3.8, 4) is 0 Å². The first kappa shape index (κ1) is 15.6. The maximum absolute atomic E-state index is 11.7. The van der Waals surface area contributed by atoms with Gasteiger partial charge in [-0.3, -0.25) is 9.59 Å². The topological polar surface area (TPSA) is 72.2 Å². The third kappa shape index (κ3) is 5.79. The maximum Gasteiger partial charge on any atom is 0.250 e. The van der Waals surface area contributed by atoms with Crippen LogP contribution < -0.4 is 11.1 Å². The van der Waals surface area contributed by atoms with Crippen LogP contribution >= 0.6 is 12.6 Å². The number of nitrogens with two attached hydrogens (primary N) is 1. The van der Waals surface area contributed by atoms with Gasteiger partial charge in [0.2, 0.25) is 5.91 Å². The van der Waals surface area contributed by atoms with Crippen LogP contribution in [0.5, 0.6) is 0 Å². The quantitative estimate of drug-likeness (QED) is 0.505. The molecule has 0 atom stereocenters. The zero-order valence-corrected chi connectivity index (χ0v) is 11.7. The van der Waals surface area contributed by atoms with Crippen molar-refractivity contribution in [2.24, 2.45) is 5.73 Å². The summed E-state index contributed by atoms with van der Waals surface area (Å²) in [5.74, 6) is 0.113. The Morgan fingerprint density at radius 1 is 1.21 bits per heavy atom. The summed E-state index contributed by atoms with van der Waals surface area (Å²) < 4.78 is 0. The molecular formula is C14H19N2O2S. The molecule has 103 valence electrons. The normalized spacial score (nSPS) is 10.2. The first-order valence-electron chi connectivity index (χ1n) is 6.29. The Morgan fingerprint density at radius 3 is 2.63 bits per heavy atom. The van der Waals surface area contributed by atoms with Crippen LogP contribution in [0.2, 0.25) is 0 Å². The molecule has 1 rings (SSSR count). The molecule has 4 nitrogen and oxygen atoms in total. The first-order chi connectivity index (χ1) is 9.15. The van der Waals surface area contributed by atoms with Crippen LogP contribution in [0, 0.1) is 6.42 Å². The van der Waals surface area contributed by atoms with Crippen molar-refractivity contribution in [3.63, 3.8) is 0 Å². The van der Waals surface area contributed by atoms with Crippen molar-refractivity contribution in [3.05, 3.63) is 36.2 Å². The van der Waals surface area contributed by atoms with Gasteiger partial charge in [-0.15, -0.1) is 0 Å². The summed E-state index contributed by atoms with van der Waals surface area (Å²) in [5.41, 5.74) is 6.01. The van der Waals surface area contributed by atoms with E-state index in [-0.39, 0.29) is 5.91 Å². The number of thiol groups is 1. The predicted molar refractivity (Wildman–Crippen MR) is 80.2 cm³/mol. The number of benzene rings is 1. The van der Waals surface area contributed by atoms with E-state index in [0.29, 0.717) is 11.3 Å². The lowest BCUT2D eigenvalue weighted by Crippen LogP contribution is -2.18. The van der Waals surface area contributed by atoms with E-state index in [2.05, 4.69) is 17.9 Å². The van der Waals surface area contributed by atoms with E-state index in [1.165, 1.54) is 0 Å². The second-order valence-electron chi connectivity index (χ2n) is 4.18. The maximum atomic E-state index is 11.7. The Labute approximate surface area is 119 Å². The highest BCUT2D eigenvalue weighted by Gasteiger charge is 2.09. The fraction of sp³-hybridized carbons (Fsp3) is 0.357. The Kier molecular flexibility index (Phi) is 7.03. The molecule has 0 fully saturated rings. The Balaban J connectivity index is 2.42. The van der Waals surface area contributed by atoms with Crippen LogP contribution in [0.1, 0.15) is 36.0 Å². The monoisotopic (exact) mass is 279 g/mol. The molecule has 1 aromatic rings. The molecule has 0 bridgehead atoms. The lowest BCUT2D eigenvalue weighted by Gasteiger charge is -2.08. The minimum atomic E-state index is -0.551. The number of amides is 2. The highest BCUT2D eigenvalue weighted by atomic mass is 32.1. The molecular weight excluding hydrogens is 260 g/mol. The number of nitrogens with one attached hydrogen (secondary N) is 1. The van der Waals surface area contributed by atoms with Crippen LogP contribution in [0.25, 0.3) is 0 Å². The average molecular weight is 279 g/mol. The van der Waals surface area contributed by atoms with E-state index in [4.69, 9.17) is 5.73 Å². The Morgan fingerprint density at radius 2 is 1.95 bits per heavy atom. The summed E-state index contributed by atoms with van der Waals surface area (Å²) in [4.78, 5) is 22.9. The summed E-state index contributed by atoms with van der Waals surface area (Å²) in [6.45, 7) is 0. The summed E-state index contributed by atoms with van der Waals surface area (Å²) in [6.07, 6.45) is 5.40. The van der Waals surface area contributed by atoms with Crippen LogP contribution in [0.4, 0.5) is 5.69 Å². The second kappa shape index (κ2) is 8.58. The largest absolute Gasteiger partial charge is 0.366 e. The molecule has 0 aliphatic carbocycles. The van der Waals surface area contributed by atoms with Gasteiger partial charge in [-0.2, -0.15) is 12.6 Å². The Bertz CT molecular complexity index is 435. The summed E-state index contributed by atoms with van der Waals surface area (Å²) >= 11 is 4.13. The number of unbranched alkanes of at least 4 members (excludes halogenated alkanes) is 3. The molecule has 0 saturated carbocycles. The predicted octanol–water partition coefficient (Wildman–Crippen LogP) is 2.42. The molecule has 2 amide bonds. The number of carbonyl (C=O) groups is 2. The lowest BCUT2D eigenvalue weighted by atomic mass is 10.1. The third-order valence-corrected chi connectivity index (χ3v) is 2.96. The molecule has 0 aromatic heterocycles. The zero-order valence-electron chi connectivity index (χ0n) is 10.8. The molecule has 1 aromatic carbocycles. The summed E-state index contributed by atoms with van der Waals surface area (Å²) in [7, 11) is 0. The first-order valence-corrected chi connectivity index (χ1v) is 6.92. The van der Waals surface area contributed by atoms with E-state index in [1.54, 1.807) is 30.7 Å². The molecule has 5 heteroatoms. The van der Waals surface area contributed by atoms with Gasteiger partial charge in [0.05, 0.1) is 11.3 Å². The number of carbonyl (C=O) groups excluding carboxylic acids is 2. The van der Waals surface area contributed by atoms with Crippen molar-refractivity contribution in [2.75, 3.05) is 11.1 Å². The fourth-order valence-electron chi connectivity index (χ4n) is 1.66. The van der Waals surface area contributed by atoms with E-state index < -0.39 is 5.91 Å². The Hall–Kier alpha value is -1.49. The van der Waals surface area contributed by atoms with Crippen LogP contribution in [-0.2, 0) is 4.79 Å². The molecule has 0 aliphatic heterocycles. The minimum Gasteiger partial charge on any atom is -0.366 e. The van der Waals surface area contributed by atoms with E-state index in [1.807, 2.05) is 0 Å². The van der Waals surface area contributed by atoms with Gasteiger partial charge in [-0.1, -0.05) is 25.0 Å². The zero-order chi connectivity index (χ0) is 14.1. The third-order valence-electron chi connectivity index (χ3n) is 2.64. The fourth-order valence-corrected chi connectivity index (χ4v) is 1.88. The highest BCUT2D eigenvalue weighted by molar-refractivity contribution is 7.80. The van der Waals surface area contributed by atoms with Crippen LogP contribution in [-0.4, -0.2) is 17.6 Å². The van der Waals surface area contributed by atoms with Crippen molar-refractivity contribution in [2.45, 2.75) is 25.7 Å². The van der Waals surface area contributed by atoms with Crippen molar-refractivity contribution >= 4 is 30.1 Å². The molecule has 0 aliphatic rings. The number of para-hydroxylation sites is 1. The van der Waals surface area contributed by atoms with Crippen molar-refractivity contribution in [1.82, 2.24) is 0 Å². The van der Waals surface area contributed by atoms with Crippen LogP contribution in [0.15, 0.2) is 24.3 Å². The number of hydrogen-bond acceptors (Lipinski definition) is 3. The number of primary amides is 1. The summed E-state index contributed by atoms with van der Waals surface area (Å²) in [5, 5.41) is 2.67. The number of anilines is 1. The molecule has 1 radical (unpaired) electrons. The van der Waals surface area contributed by atoms with Gasteiger partial charge in [0, 0.05) is 6.42 Å². The molecule has 0 unspecified atom stereocenters. The highest BCUT2D eigenvalue weighted by Crippen LogP contribution is 2.15. The summed E-state index contributed by atoms with van der Waals surface area (Å²) in [6, 6.07) is 6.70. The number of hydrogen-bond donors (Lipinski definition) is 3. The van der Waals surface area contributed by atoms with E-state index >= 15 is 0 Å². The van der Waals surface area contributed by atoms with Gasteiger partial charge in [-0.25, -0.2) is 0 Å². The van der Waals surface area contributed by atoms with E-state index in [0.717, 1.165) is 31.4 Å². The SMILES string of the molecule is NC(=O)c1ccccc1NC(=O)[CH]CCCCCS. The van der Waals surface area contributed by atoms with Crippen LogP contribution in [0.3, 0.4) is 0 Å². The molecule has 0 saturated heterocycles. The van der Waals surface area contributed by atoms with Gasteiger partial charge in [0.15, 0.2) is 0 Å². The van der Waals surface area contributed by atoms with Gasteiger partial charge in [0.1, 0.15) is 0 Å². The average Bonchev–Trinajstić information content (AvgIpc) is 2.39. The van der Waals surface area contributed by atoms with Gasteiger partial charge < -0.3 is 11.1 Å². The molecule has 0 spiro atoms. The van der Waals surface area contributed by atoms with Crippen molar-refractivity contribution in [1.29, 1.82) is 0 Å². The van der Waals surface area contributed by atoms with Gasteiger partial charge in [-0.05, 0) is 30.7 Å².